The van der Waals surface area contributed by atoms with Crippen molar-refractivity contribution in [3.05, 3.63) is 34.3 Å². The molecule has 0 heterocycles. The maximum atomic E-state index is 8.63. The molecule has 0 aromatic heterocycles. The van der Waals surface area contributed by atoms with E-state index in [1.54, 1.807) is 0 Å². The normalized spacial score (nSPS) is 26.3. The number of oxime groups is 1. The van der Waals surface area contributed by atoms with Gasteiger partial charge in [-0.1, -0.05) is 33.2 Å². The zero-order valence-electron chi connectivity index (χ0n) is 7.94. The number of rotatable bonds is 2. The van der Waals surface area contributed by atoms with E-state index in [-0.39, 0.29) is 0 Å². The number of halogens is 1. The Kier molecular flexibility index (Phi) is 2.59. The van der Waals surface area contributed by atoms with Crippen LogP contribution in [0.4, 0.5) is 0 Å². The molecule has 74 valence electrons. The number of hydrogen-bond donors (Lipinski definition) is 1. The van der Waals surface area contributed by atoms with E-state index in [0.29, 0.717) is 11.8 Å². The summed E-state index contributed by atoms with van der Waals surface area (Å²) in [4.78, 5) is 0. The third kappa shape index (κ3) is 1.82. The molecule has 1 N–H and O–H groups in total. The zero-order valence-corrected chi connectivity index (χ0v) is 9.53. The first-order chi connectivity index (χ1) is 6.72. The van der Waals surface area contributed by atoms with Crippen LogP contribution in [-0.4, -0.2) is 10.9 Å². The van der Waals surface area contributed by atoms with Gasteiger partial charge in [-0.15, -0.1) is 0 Å². The molecular formula is C11H12BrNO. The number of benzene rings is 1. The molecular weight excluding hydrogens is 242 g/mol. The second-order valence-electron chi connectivity index (χ2n) is 3.74. The largest absolute Gasteiger partial charge is 0.411 e. The molecule has 0 saturated heterocycles. The van der Waals surface area contributed by atoms with Crippen LogP contribution in [0.2, 0.25) is 0 Å². The van der Waals surface area contributed by atoms with E-state index in [1.807, 2.05) is 6.92 Å². The van der Waals surface area contributed by atoms with E-state index in [0.717, 1.165) is 16.6 Å². The van der Waals surface area contributed by atoms with E-state index in [9.17, 15) is 0 Å². The average Bonchev–Trinajstić information content (AvgIpc) is 2.98. The van der Waals surface area contributed by atoms with Gasteiger partial charge in [0.1, 0.15) is 0 Å². The molecule has 0 unspecified atom stereocenters. The smallest absolute Gasteiger partial charge is 0.0577 e. The Hall–Kier alpha value is -0.830. The predicted molar refractivity (Wildman–Crippen MR) is 59.9 cm³/mol. The molecule has 1 aromatic carbocycles. The molecule has 0 spiro atoms. The minimum Gasteiger partial charge on any atom is -0.411 e. The Bertz CT molecular complexity index is 358. The van der Waals surface area contributed by atoms with E-state index >= 15 is 0 Å². The van der Waals surface area contributed by atoms with E-state index in [1.165, 1.54) is 5.56 Å². The van der Waals surface area contributed by atoms with Crippen molar-refractivity contribution in [2.75, 3.05) is 0 Å². The topological polar surface area (TPSA) is 32.6 Å². The van der Waals surface area contributed by atoms with Gasteiger partial charge in [0.15, 0.2) is 0 Å². The van der Waals surface area contributed by atoms with Gasteiger partial charge >= 0.3 is 0 Å². The van der Waals surface area contributed by atoms with Gasteiger partial charge in [0.05, 0.1) is 5.71 Å². The van der Waals surface area contributed by atoms with Crippen molar-refractivity contribution in [3.8, 4) is 0 Å². The minimum atomic E-state index is 0.446. The van der Waals surface area contributed by atoms with Crippen molar-refractivity contribution in [1.82, 2.24) is 0 Å². The summed E-state index contributed by atoms with van der Waals surface area (Å²) in [5.74, 6) is 1.00. The molecule has 14 heavy (non-hydrogen) atoms. The van der Waals surface area contributed by atoms with Gasteiger partial charge in [0.2, 0.25) is 0 Å². The lowest BCUT2D eigenvalue weighted by Gasteiger charge is -1.99. The Morgan fingerprint density at radius 3 is 2.64 bits per heavy atom. The van der Waals surface area contributed by atoms with Crippen molar-refractivity contribution in [1.29, 1.82) is 0 Å². The number of hydrogen-bond acceptors (Lipinski definition) is 2. The van der Waals surface area contributed by atoms with Crippen molar-refractivity contribution in [2.45, 2.75) is 19.3 Å². The van der Waals surface area contributed by atoms with Crippen LogP contribution in [0.25, 0.3) is 0 Å². The monoisotopic (exact) mass is 253 g/mol. The molecule has 2 rings (SSSR count). The first-order valence-corrected chi connectivity index (χ1v) is 5.45. The molecule has 1 saturated carbocycles. The lowest BCUT2D eigenvalue weighted by molar-refractivity contribution is 0.316. The van der Waals surface area contributed by atoms with Crippen LogP contribution in [0.15, 0.2) is 33.9 Å². The highest BCUT2D eigenvalue weighted by Crippen LogP contribution is 2.48. The fourth-order valence-electron chi connectivity index (χ4n) is 1.81. The van der Waals surface area contributed by atoms with E-state index in [4.69, 9.17) is 5.21 Å². The van der Waals surface area contributed by atoms with Gasteiger partial charge < -0.3 is 5.21 Å². The summed E-state index contributed by atoms with van der Waals surface area (Å²) in [5, 5.41) is 11.9. The average molecular weight is 254 g/mol. The maximum Gasteiger partial charge on any atom is 0.0577 e. The second-order valence-corrected chi connectivity index (χ2v) is 4.66. The van der Waals surface area contributed by atoms with Gasteiger partial charge in [-0.05, 0) is 37.0 Å². The molecule has 1 fully saturated rings. The molecule has 3 heteroatoms. The van der Waals surface area contributed by atoms with Crippen LogP contribution in [0.1, 0.15) is 24.8 Å². The van der Waals surface area contributed by atoms with Gasteiger partial charge in [0.25, 0.3) is 0 Å². The lowest BCUT2D eigenvalue weighted by atomic mass is 10.1. The summed E-state index contributed by atoms with van der Waals surface area (Å²) < 4.78 is 1.10. The Balaban J connectivity index is 2.10. The summed E-state index contributed by atoms with van der Waals surface area (Å²) >= 11 is 3.41. The standard InChI is InChI=1S/C11H12BrNO/c1-7(13-14)10-6-11(10)8-2-4-9(12)5-3-8/h2-5,10-11,14H,6H2,1H3/b13-7+/t10-,11-/m0/s1. The molecule has 1 aliphatic carbocycles. The molecule has 0 radical (unpaired) electrons. The van der Waals surface area contributed by atoms with Crippen LogP contribution < -0.4 is 0 Å². The number of nitrogens with zero attached hydrogens (tertiary/aromatic N) is 1. The van der Waals surface area contributed by atoms with Crippen LogP contribution in [0, 0.1) is 5.92 Å². The minimum absolute atomic E-state index is 0.446. The van der Waals surface area contributed by atoms with E-state index < -0.39 is 0 Å². The molecule has 2 nitrogen and oxygen atoms in total. The van der Waals surface area contributed by atoms with Crippen LogP contribution in [0.3, 0.4) is 0 Å². The van der Waals surface area contributed by atoms with Gasteiger partial charge in [-0.25, -0.2) is 0 Å². The first-order valence-electron chi connectivity index (χ1n) is 4.66. The summed E-state index contributed by atoms with van der Waals surface area (Å²) in [6.07, 6.45) is 1.11. The highest BCUT2D eigenvalue weighted by atomic mass is 79.9. The summed E-state index contributed by atoms with van der Waals surface area (Å²) in [7, 11) is 0. The van der Waals surface area contributed by atoms with Crippen molar-refractivity contribution in [3.63, 3.8) is 0 Å². The Morgan fingerprint density at radius 1 is 1.43 bits per heavy atom. The maximum absolute atomic E-state index is 8.63. The molecule has 0 amide bonds. The first kappa shape index (κ1) is 9.71. The lowest BCUT2D eigenvalue weighted by Crippen LogP contribution is -1.95. The van der Waals surface area contributed by atoms with Crippen molar-refractivity contribution < 1.29 is 5.21 Å². The fraction of sp³-hybridized carbons (Fsp3) is 0.364. The SMILES string of the molecule is C/C(=N\O)[C@@H]1C[C@H]1c1ccc(Br)cc1. The third-order valence-corrected chi connectivity index (χ3v) is 3.31. The predicted octanol–water partition coefficient (Wildman–Crippen LogP) is 3.40. The van der Waals surface area contributed by atoms with Crippen LogP contribution in [-0.2, 0) is 0 Å². The zero-order chi connectivity index (χ0) is 10.1. The van der Waals surface area contributed by atoms with Gasteiger partial charge in [0, 0.05) is 10.4 Å². The van der Waals surface area contributed by atoms with E-state index in [2.05, 4.69) is 45.4 Å². The molecule has 1 aliphatic rings. The Morgan fingerprint density at radius 2 is 2.07 bits per heavy atom. The molecule has 0 aliphatic heterocycles. The summed E-state index contributed by atoms with van der Waals surface area (Å²) in [6.45, 7) is 1.88. The third-order valence-electron chi connectivity index (χ3n) is 2.78. The molecule has 2 atom stereocenters. The highest BCUT2D eigenvalue weighted by molar-refractivity contribution is 9.10. The highest BCUT2D eigenvalue weighted by Gasteiger charge is 2.40. The van der Waals surface area contributed by atoms with Gasteiger partial charge in [-0.2, -0.15) is 0 Å². The van der Waals surface area contributed by atoms with Crippen molar-refractivity contribution >= 4 is 21.6 Å². The molecule has 1 aromatic rings. The quantitative estimate of drug-likeness (QED) is 0.489. The van der Waals surface area contributed by atoms with Crippen molar-refractivity contribution in [2.24, 2.45) is 11.1 Å². The van der Waals surface area contributed by atoms with Crippen LogP contribution >= 0.6 is 15.9 Å². The fourth-order valence-corrected chi connectivity index (χ4v) is 2.07. The van der Waals surface area contributed by atoms with Gasteiger partial charge in [-0.3, -0.25) is 0 Å². The summed E-state index contributed by atoms with van der Waals surface area (Å²) in [6, 6.07) is 8.35. The summed E-state index contributed by atoms with van der Waals surface area (Å²) in [5.41, 5.74) is 2.18. The molecule has 0 bridgehead atoms. The Labute approximate surface area is 91.8 Å². The van der Waals surface area contributed by atoms with Crippen LogP contribution in [0.5, 0.6) is 0 Å². The second kappa shape index (κ2) is 3.73.